The molecule has 0 aromatic carbocycles. The maximum absolute atomic E-state index is 12.5. The van der Waals surface area contributed by atoms with E-state index in [-0.39, 0.29) is 22.2 Å². The number of hydrogen-bond acceptors (Lipinski definition) is 2. The van der Waals surface area contributed by atoms with Gasteiger partial charge in [0.05, 0.1) is 11.5 Å². The SMILES string of the molecule is CC1(C#N)CCN(C(=O)C2C(C)(C)C2(C)C)CC1. The van der Waals surface area contributed by atoms with E-state index in [1.165, 1.54) is 0 Å². The number of carbonyl (C=O) groups is 1. The highest BCUT2D eigenvalue weighted by Gasteiger charge is 2.68. The first-order valence-electron chi connectivity index (χ1n) is 6.86. The van der Waals surface area contributed by atoms with Crippen molar-refractivity contribution in [2.75, 3.05) is 13.1 Å². The second-order valence-corrected chi connectivity index (χ2v) is 7.37. The van der Waals surface area contributed by atoms with E-state index in [0.717, 1.165) is 25.9 Å². The maximum atomic E-state index is 12.5. The number of carbonyl (C=O) groups excluding carboxylic acids is 1. The minimum atomic E-state index is -0.231. The molecule has 0 N–H and O–H groups in total. The summed E-state index contributed by atoms with van der Waals surface area (Å²) in [5.41, 5.74) is -0.00844. The van der Waals surface area contributed by atoms with Gasteiger partial charge in [-0.3, -0.25) is 4.79 Å². The van der Waals surface area contributed by atoms with Crippen LogP contribution < -0.4 is 0 Å². The molecule has 2 aliphatic rings. The predicted octanol–water partition coefficient (Wildman–Crippen LogP) is 2.82. The fourth-order valence-corrected chi connectivity index (χ4v) is 3.33. The molecular weight excluding hydrogens is 224 g/mol. The molecule has 1 amide bonds. The van der Waals surface area contributed by atoms with Crippen LogP contribution in [0.15, 0.2) is 0 Å². The maximum Gasteiger partial charge on any atom is 0.226 e. The molecule has 3 heteroatoms. The first-order chi connectivity index (χ1) is 8.16. The highest BCUT2D eigenvalue weighted by Crippen LogP contribution is 2.68. The van der Waals surface area contributed by atoms with Crippen LogP contribution in [-0.4, -0.2) is 23.9 Å². The van der Waals surface area contributed by atoms with Gasteiger partial charge in [-0.1, -0.05) is 27.7 Å². The van der Waals surface area contributed by atoms with Gasteiger partial charge in [-0.2, -0.15) is 5.26 Å². The summed E-state index contributed by atoms with van der Waals surface area (Å²) in [6.07, 6.45) is 1.62. The smallest absolute Gasteiger partial charge is 0.226 e. The zero-order chi connectivity index (χ0) is 13.8. The third-order valence-electron chi connectivity index (χ3n) is 5.72. The first-order valence-corrected chi connectivity index (χ1v) is 6.86. The molecular formula is C15H24N2O. The molecule has 0 bridgehead atoms. The molecule has 0 atom stereocenters. The quantitative estimate of drug-likeness (QED) is 0.716. The molecule has 2 fully saturated rings. The summed E-state index contributed by atoms with van der Waals surface area (Å²) < 4.78 is 0. The van der Waals surface area contributed by atoms with E-state index < -0.39 is 0 Å². The highest BCUT2D eigenvalue weighted by atomic mass is 16.2. The van der Waals surface area contributed by atoms with Crippen LogP contribution in [0.4, 0.5) is 0 Å². The predicted molar refractivity (Wildman–Crippen MR) is 70.6 cm³/mol. The topological polar surface area (TPSA) is 44.1 Å². The molecule has 1 saturated heterocycles. The molecule has 0 spiro atoms. The number of nitrogens with zero attached hydrogens (tertiary/aromatic N) is 2. The monoisotopic (exact) mass is 248 g/mol. The van der Waals surface area contributed by atoms with Crippen LogP contribution in [0.3, 0.4) is 0 Å². The Morgan fingerprint density at radius 2 is 1.56 bits per heavy atom. The lowest BCUT2D eigenvalue weighted by Crippen LogP contribution is -2.43. The van der Waals surface area contributed by atoms with Gasteiger partial charge in [-0.25, -0.2) is 0 Å². The third kappa shape index (κ3) is 1.74. The number of nitriles is 1. The van der Waals surface area contributed by atoms with E-state index in [1.807, 2.05) is 11.8 Å². The van der Waals surface area contributed by atoms with Crippen molar-refractivity contribution in [2.45, 2.75) is 47.5 Å². The van der Waals surface area contributed by atoms with Crippen molar-refractivity contribution in [3.05, 3.63) is 0 Å². The Balaban J connectivity index is 2.01. The first kappa shape index (κ1) is 13.4. The van der Waals surface area contributed by atoms with E-state index in [0.29, 0.717) is 5.91 Å². The van der Waals surface area contributed by atoms with E-state index in [1.54, 1.807) is 0 Å². The number of hydrogen-bond donors (Lipinski definition) is 0. The fraction of sp³-hybridized carbons (Fsp3) is 0.867. The molecule has 100 valence electrons. The van der Waals surface area contributed by atoms with Crippen molar-refractivity contribution in [1.82, 2.24) is 4.90 Å². The summed E-state index contributed by atoms with van der Waals surface area (Å²) in [5, 5.41) is 9.11. The van der Waals surface area contributed by atoms with E-state index >= 15 is 0 Å². The molecule has 1 aliphatic carbocycles. The second-order valence-electron chi connectivity index (χ2n) is 7.37. The van der Waals surface area contributed by atoms with Gasteiger partial charge < -0.3 is 4.90 Å². The van der Waals surface area contributed by atoms with Crippen molar-refractivity contribution in [3.8, 4) is 6.07 Å². The zero-order valence-corrected chi connectivity index (χ0v) is 12.2. The lowest BCUT2D eigenvalue weighted by atomic mass is 9.82. The van der Waals surface area contributed by atoms with Gasteiger partial charge in [0.1, 0.15) is 0 Å². The van der Waals surface area contributed by atoms with Crippen LogP contribution in [0.1, 0.15) is 47.5 Å². The standard InChI is InChI=1S/C15H24N2O/c1-13(2)11(14(13,3)4)12(18)17-8-6-15(5,10-16)7-9-17/h11H,6-9H2,1-5H3. The number of piperidine rings is 1. The summed E-state index contributed by atoms with van der Waals surface area (Å²) in [7, 11) is 0. The minimum Gasteiger partial charge on any atom is -0.342 e. The van der Waals surface area contributed by atoms with Crippen molar-refractivity contribution in [2.24, 2.45) is 22.2 Å². The molecule has 0 aromatic rings. The van der Waals surface area contributed by atoms with Crippen molar-refractivity contribution in [3.63, 3.8) is 0 Å². The van der Waals surface area contributed by atoms with Crippen LogP contribution in [0, 0.1) is 33.5 Å². The van der Waals surface area contributed by atoms with Crippen LogP contribution in [0.2, 0.25) is 0 Å². The minimum absolute atomic E-state index is 0.111. The second kappa shape index (κ2) is 3.73. The van der Waals surface area contributed by atoms with Crippen LogP contribution in [0.25, 0.3) is 0 Å². The molecule has 0 radical (unpaired) electrons. The van der Waals surface area contributed by atoms with Gasteiger partial charge in [-0.15, -0.1) is 0 Å². The molecule has 2 rings (SSSR count). The molecule has 3 nitrogen and oxygen atoms in total. The number of amides is 1. The fourth-order valence-electron chi connectivity index (χ4n) is 3.33. The number of likely N-dealkylation sites (tertiary alicyclic amines) is 1. The molecule has 0 aromatic heterocycles. The molecule has 0 unspecified atom stereocenters. The van der Waals surface area contributed by atoms with Gasteiger partial charge in [0.2, 0.25) is 5.91 Å². The summed E-state index contributed by atoms with van der Waals surface area (Å²) in [6.45, 7) is 12.2. The summed E-state index contributed by atoms with van der Waals surface area (Å²) in [5.74, 6) is 0.446. The van der Waals surface area contributed by atoms with E-state index in [4.69, 9.17) is 5.26 Å². The Hall–Kier alpha value is -1.04. The molecule has 18 heavy (non-hydrogen) atoms. The average molecular weight is 248 g/mol. The van der Waals surface area contributed by atoms with Crippen LogP contribution in [-0.2, 0) is 4.79 Å². The third-order valence-corrected chi connectivity index (χ3v) is 5.72. The molecule has 1 aliphatic heterocycles. The van der Waals surface area contributed by atoms with Gasteiger partial charge in [-0.05, 0) is 30.6 Å². The summed E-state index contributed by atoms with van der Waals surface area (Å²) in [6, 6.07) is 2.38. The van der Waals surface area contributed by atoms with Crippen LogP contribution >= 0.6 is 0 Å². The van der Waals surface area contributed by atoms with E-state index in [2.05, 4.69) is 33.8 Å². The number of rotatable bonds is 1. The van der Waals surface area contributed by atoms with Crippen molar-refractivity contribution < 1.29 is 4.79 Å². The normalized spacial score (nSPS) is 28.6. The lowest BCUT2D eigenvalue weighted by molar-refractivity contribution is -0.135. The Bertz CT molecular complexity index is 395. The van der Waals surface area contributed by atoms with Crippen molar-refractivity contribution in [1.29, 1.82) is 5.26 Å². The van der Waals surface area contributed by atoms with E-state index in [9.17, 15) is 4.79 Å². The Morgan fingerprint density at radius 1 is 1.11 bits per heavy atom. The molecule has 1 heterocycles. The van der Waals surface area contributed by atoms with Gasteiger partial charge in [0.15, 0.2) is 0 Å². The highest BCUT2D eigenvalue weighted by molar-refractivity contribution is 5.84. The average Bonchev–Trinajstić information content (AvgIpc) is 2.70. The van der Waals surface area contributed by atoms with Gasteiger partial charge >= 0.3 is 0 Å². The van der Waals surface area contributed by atoms with Gasteiger partial charge in [0, 0.05) is 19.0 Å². The Kier molecular flexibility index (Phi) is 2.77. The van der Waals surface area contributed by atoms with Crippen LogP contribution in [0.5, 0.6) is 0 Å². The zero-order valence-electron chi connectivity index (χ0n) is 12.2. The van der Waals surface area contributed by atoms with Gasteiger partial charge in [0.25, 0.3) is 0 Å². The Morgan fingerprint density at radius 3 is 1.89 bits per heavy atom. The largest absolute Gasteiger partial charge is 0.342 e. The summed E-state index contributed by atoms with van der Waals surface area (Å²) in [4.78, 5) is 14.5. The van der Waals surface area contributed by atoms with Crippen molar-refractivity contribution >= 4 is 5.91 Å². The summed E-state index contributed by atoms with van der Waals surface area (Å²) >= 11 is 0. The lowest BCUT2D eigenvalue weighted by Gasteiger charge is -2.35. The Labute approximate surface area is 110 Å². The molecule has 1 saturated carbocycles.